The molecule has 0 aliphatic rings. The molecule has 0 radical (unpaired) electrons. The van der Waals surface area contributed by atoms with E-state index < -0.39 is 33.0 Å². The van der Waals surface area contributed by atoms with Gasteiger partial charge in [-0.1, -0.05) is 23.7 Å². The van der Waals surface area contributed by atoms with Gasteiger partial charge in [-0.25, -0.2) is 12.8 Å². The first-order valence-corrected chi connectivity index (χ1v) is 7.91. The van der Waals surface area contributed by atoms with Crippen LogP contribution in [0.25, 0.3) is 0 Å². The molecular weight excluding hydrogens is 360 g/mol. The molecule has 0 saturated carbocycles. The molecule has 1 N–H and O–H groups in total. The Morgan fingerprint density at radius 1 is 1.13 bits per heavy atom. The van der Waals surface area contributed by atoms with Crippen LogP contribution in [-0.2, 0) is 10.0 Å². The highest BCUT2D eigenvalue weighted by Crippen LogP contribution is 2.34. The zero-order valence-electron chi connectivity index (χ0n) is 11.2. The quantitative estimate of drug-likeness (QED) is 0.841. The lowest BCUT2D eigenvalue weighted by Crippen LogP contribution is -2.38. The zero-order chi connectivity index (χ0) is 17.3. The van der Waals surface area contributed by atoms with Gasteiger partial charge in [0.25, 0.3) is 0 Å². The normalized spacial score (nSPS) is 13.8. The summed E-state index contributed by atoms with van der Waals surface area (Å²) in [4.78, 5) is 2.60. The minimum Gasteiger partial charge on any atom is -0.260 e. The van der Waals surface area contributed by atoms with Gasteiger partial charge in [-0.3, -0.25) is 4.98 Å². The molecule has 0 spiro atoms. The number of aromatic nitrogens is 1. The van der Waals surface area contributed by atoms with E-state index in [0.29, 0.717) is 6.07 Å². The van der Waals surface area contributed by atoms with Crippen molar-refractivity contribution in [3.8, 4) is 0 Å². The van der Waals surface area contributed by atoms with Crippen molar-refractivity contribution in [2.24, 2.45) is 0 Å². The number of rotatable bonds is 4. The molecule has 10 heteroatoms. The van der Waals surface area contributed by atoms with Gasteiger partial charge in [0.05, 0.1) is 6.20 Å². The van der Waals surface area contributed by atoms with Crippen LogP contribution in [0.4, 0.5) is 17.6 Å². The fourth-order valence-electron chi connectivity index (χ4n) is 1.74. The highest BCUT2D eigenvalue weighted by Gasteiger charge is 2.43. The molecule has 1 heterocycles. The maximum Gasteiger partial charge on any atom is 0.408 e. The van der Waals surface area contributed by atoms with E-state index in [-0.39, 0.29) is 10.6 Å². The van der Waals surface area contributed by atoms with E-state index in [2.05, 4.69) is 4.98 Å². The third-order valence-corrected chi connectivity index (χ3v) is 4.44. The SMILES string of the molecule is O=S(=O)(N[C@H](c1ccc(Cl)cc1)C(F)(F)F)c1cncc(F)c1. The molecule has 0 bridgehead atoms. The van der Waals surface area contributed by atoms with Crippen molar-refractivity contribution in [1.29, 1.82) is 0 Å². The average molecular weight is 369 g/mol. The Kier molecular flexibility index (Phi) is 4.92. The van der Waals surface area contributed by atoms with Crippen LogP contribution < -0.4 is 4.72 Å². The second kappa shape index (κ2) is 6.42. The average Bonchev–Trinajstić information content (AvgIpc) is 2.45. The molecule has 1 aromatic heterocycles. The van der Waals surface area contributed by atoms with Gasteiger partial charge in [0.15, 0.2) is 0 Å². The molecule has 0 unspecified atom stereocenters. The van der Waals surface area contributed by atoms with Gasteiger partial charge in [-0.2, -0.15) is 17.9 Å². The minimum atomic E-state index is -4.90. The topological polar surface area (TPSA) is 59.1 Å². The second-order valence-electron chi connectivity index (χ2n) is 4.49. The van der Waals surface area contributed by atoms with Crippen molar-refractivity contribution >= 4 is 21.6 Å². The van der Waals surface area contributed by atoms with Crippen LogP contribution in [0.5, 0.6) is 0 Å². The van der Waals surface area contributed by atoms with E-state index in [1.54, 1.807) is 0 Å². The summed E-state index contributed by atoms with van der Waals surface area (Å²) in [5, 5.41) is 0.201. The molecule has 23 heavy (non-hydrogen) atoms. The number of hydrogen-bond acceptors (Lipinski definition) is 3. The van der Waals surface area contributed by atoms with Crippen molar-refractivity contribution in [3.05, 3.63) is 59.1 Å². The first-order chi connectivity index (χ1) is 10.6. The van der Waals surface area contributed by atoms with Crippen LogP contribution in [0.2, 0.25) is 5.02 Å². The summed E-state index contributed by atoms with van der Waals surface area (Å²) in [5.74, 6) is -0.983. The highest BCUT2D eigenvalue weighted by atomic mass is 35.5. The Hall–Kier alpha value is -1.71. The van der Waals surface area contributed by atoms with Gasteiger partial charge in [0, 0.05) is 11.2 Å². The number of nitrogens with one attached hydrogen (secondary N) is 1. The van der Waals surface area contributed by atoms with Crippen LogP contribution in [0.1, 0.15) is 11.6 Å². The molecule has 0 amide bonds. The number of sulfonamides is 1. The zero-order valence-corrected chi connectivity index (χ0v) is 12.8. The summed E-state index contributed by atoms with van der Waals surface area (Å²) in [5.41, 5.74) is -0.352. The third kappa shape index (κ3) is 4.40. The Morgan fingerprint density at radius 2 is 1.74 bits per heavy atom. The fraction of sp³-hybridized carbons (Fsp3) is 0.154. The van der Waals surface area contributed by atoms with Crippen LogP contribution in [-0.4, -0.2) is 19.6 Å². The second-order valence-corrected chi connectivity index (χ2v) is 6.64. The summed E-state index contributed by atoms with van der Waals surface area (Å²) < 4.78 is 78.2. The Morgan fingerprint density at radius 3 is 2.26 bits per heavy atom. The smallest absolute Gasteiger partial charge is 0.260 e. The molecule has 1 aromatic carbocycles. The Bertz CT molecular complexity index is 794. The molecule has 1 atom stereocenters. The Balaban J connectivity index is 2.40. The lowest BCUT2D eigenvalue weighted by molar-refractivity contribution is -0.153. The number of pyridine rings is 1. The van der Waals surface area contributed by atoms with Gasteiger partial charge in [-0.15, -0.1) is 0 Å². The van der Waals surface area contributed by atoms with Crippen LogP contribution in [0.15, 0.2) is 47.6 Å². The van der Waals surface area contributed by atoms with Crippen molar-refractivity contribution < 1.29 is 26.0 Å². The number of benzene rings is 1. The van der Waals surface area contributed by atoms with Gasteiger partial charge < -0.3 is 0 Å². The summed E-state index contributed by atoms with van der Waals surface area (Å²) in [6, 6.07) is 2.57. The van der Waals surface area contributed by atoms with Crippen LogP contribution in [0, 0.1) is 5.82 Å². The first-order valence-electron chi connectivity index (χ1n) is 6.04. The third-order valence-electron chi connectivity index (χ3n) is 2.79. The Labute approximate surface area is 134 Å². The monoisotopic (exact) mass is 368 g/mol. The molecule has 0 fully saturated rings. The van der Waals surface area contributed by atoms with Crippen molar-refractivity contribution in [2.45, 2.75) is 17.1 Å². The molecule has 2 aromatic rings. The highest BCUT2D eigenvalue weighted by molar-refractivity contribution is 7.89. The van der Waals surface area contributed by atoms with Crippen molar-refractivity contribution in [2.75, 3.05) is 0 Å². The molecule has 2 rings (SSSR count). The molecule has 0 aliphatic heterocycles. The largest absolute Gasteiger partial charge is 0.408 e. The minimum absolute atomic E-state index is 0.201. The predicted molar refractivity (Wildman–Crippen MR) is 74.8 cm³/mol. The number of alkyl halides is 3. The van der Waals surface area contributed by atoms with Gasteiger partial charge >= 0.3 is 6.18 Å². The lowest BCUT2D eigenvalue weighted by Gasteiger charge is -2.22. The number of nitrogens with zero attached hydrogens (tertiary/aromatic N) is 1. The maximum absolute atomic E-state index is 13.2. The number of halogens is 5. The first kappa shape index (κ1) is 17.6. The molecule has 124 valence electrons. The van der Waals surface area contributed by atoms with E-state index in [1.165, 1.54) is 16.9 Å². The van der Waals surface area contributed by atoms with Crippen LogP contribution >= 0.6 is 11.6 Å². The van der Waals surface area contributed by atoms with Gasteiger partial charge in [0.1, 0.15) is 16.8 Å². The number of hydrogen-bond donors (Lipinski definition) is 1. The van der Waals surface area contributed by atoms with E-state index in [1.807, 2.05) is 0 Å². The van der Waals surface area contributed by atoms with Crippen molar-refractivity contribution in [1.82, 2.24) is 9.71 Å². The van der Waals surface area contributed by atoms with E-state index in [0.717, 1.165) is 24.5 Å². The predicted octanol–water partition coefficient (Wildman–Crippen LogP) is 3.46. The molecular formula is C13H9ClF4N2O2S. The standard InChI is InChI=1S/C13H9ClF4N2O2S/c14-9-3-1-8(2-4-9)12(13(16,17)18)20-23(21,22)11-5-10(15)6-19-7-11/h1-7,12,20H/t12-/m1/s1. The summed E-state index contributed by atoms with van der Waals surface area (Å²) in [7, 11) is -4.63. The van der Waals surface area contributed by atoms with Gasteiger partial charge in [-0.05, 0) is 23.8 Å². The molecule has 0 aliphatic carbocycles. The summed E-state index contributed by atoms with van der Waals surface area (Å²) in [6.07, 6.45) is -3.41. The molecule has 0 saturated heterocycles. The fourth-order valence-corrected chi connectivity index (χ4v) is 3.05. The van der Waals surface area contributed by atoms with E-state index >= 15 is 0 Å². The summed E-state index contributed by atoms with van der Waals surface area (Å²) in [6.45, 7) is 0. The lowest BCUT2D eigenvalue weighted by atomic mass is 10.1. The van der Waals surface area contributed by atoms with Crippen molar-refractivity contribution in [3.63, 3.8) is 0 Å². The van der Waals surface area contributed by atoms with Crippen LogP contribution in [0.3, 0.4) is 0 Å². The summed E-state index contributed by atoms with van der Waals surface area (Å²) >= 11 is 5.61. The maximum atomic E-state index is 13.2. The van der Waals surface area contributed by atoms with E-state index in [9.17, 15) is 26.0 Å². The van der Waals surface area contributed by atoms with Gasteiger partial charge in [0.2, 0.25) is 10.0 Å². The van der Waals surface area contributed by atoms with E-state index in [4.69, 9.17) is 11.6 Å². The molecule has 4 nitrogen and oxygen atoms in total.